The molecule has 7 heteroatoms. The Labute approximate surface area is 138 Å². The molecule has 2 aliphatic rings. The van der Waals surface area contributed by atoms with E-state index >= 15 is 0 Å². The lowest BCUT2D eigenvalue weighted by molar-refractivity contribution is -0.112. The van der Waals surface area contributed by atoms with Gasteiger partial charge in [-0.15, -0.1) is 0 Å². The summed E-state index contributed by atoms with van der Waals surface area (Å²) in [7, 11) is -3.44. The summed E-state index contributed by atoms with van der Waals surface area (Å²) in [5.74, 6) is 0. The molecule has 1 spiro atoms. The highest BCUT2D eigenvalue weighted by Crippen LogP contribution is 2.36. The van der Waals surface area contributed by atoms with Crippen molar-refractivity contribution in [2.24, 2.45) is 0 Å². The number of pyridine rings is 1. The number of hydrogen-bond acceptors (Lipinski definition) is 5. The van der Waals surface area contributed by atoms with Crippen LogP contribution < -0.4 is 5.32 Å². The highest BCUT2D eigenvalue weighted by Gasteiger charge is 2.42. The molecule has 1 aromatic rings. The van der Waals surface area contributed by atoms with Gasteiger partial charge in [0.15, 0.2) is 0 Å². The lowest BCUT2D eigenvalue weighted by atomic mass is 9.83. The van der Waals surface area contributed by atoms with Gasteiger partial charge in [-0.1, -0.05) is 6.92 Å². The molecule has 128 valence electrons. The second kappa shape index (κ2) is 6.84. The van der Waals surface area contributed by atoms with Gasteiger partial charge in [0, 0.05) is 38.1 Å². The number of aromatic nitrogens is 1. The van der Waals surface area contributed by atoms with E-state index in [2.05, 4.69) is 17.2 Å². The van der Waals surface area contributed by atoms with Crippen LogP contribution in [0.25, 0.3) is 0 Å². The van der Waals surface area contributed by atoms with Crippen molar-refractivity contribution in [3.05, 3.63) is 24.5 Å². The zero-order valence-corrected chi connectivity index (χ0v) is 14.4. The average Bonchev–Trinajstić information content (AvgIpc) is 2.57. The Morgan fingerprint density at radius 2 is 2.22 bits per heavy atom. The molecule has 0 aromatic carbocycles. The zero-order chi connectivity index (χ0) is 16.3. The molecule has 2 aliphatic heterocycles. The fourth-order valence-corrected chi connectivity index (χ4v) is 5.03. The van der Waals surface area contributed by atoms with Crippen LogP contribution in [0, 0.1) is 0 Å². The van der Waals surface area contributed by atoms with Crippen LogP contribution >= 0.6 is 0 Å². The van der Waals surface area contributed by atoms with Gasteiger partial charge in [-0.3, -0.25) is 4.98 Å². The van der Waals surface area contributed by atoms with Gasteiger partial charge in [-0.05, 0) is 44.4 Å². The Hall–Kier alpha value is -1.02. The predicted molar refractivity (Wildman–Crippen MR) is 87.6 cm³/mol. The van der Waals surface area contributed by atoms with Gasteiger partial charge in [-0.25, -0.2) is 8.42 Å². The Kier molecular flexibility index (Phi) is 5.01. The summed E-state index contributed by atoms with van der Waals surface area (Å²) in [5.41, 5.74) is -0.161. The van der Waals surface area contributed by atoms with Gasteiger partial charge in [0.25, 0.3) is 0 Å². The van der Waals surface area contributed by atoms with Crippen LogP contribution in [0.5, 0.6) is 0 Å². The van der Waals surface area contributed by atoms with E-state index in [1.54, 1.807) is 22.6 Å². The van der Waals surface area contributed by atoms with Crippen LogP contribution in [0.15, 0.2) is 29.4 Å². The molecule has 0 radical (unpaired) electrons. The molecule has 23 heavy (non-hydrogen) atoms. The van der Waals surface area contributed by atoms with Crippen LogP contribution in [0.4, 0.5) is 0 Å². The third kappa shape index (κ3) is 3.57. The fourth-order valence-electron chi connectivity index (χ4n) is 3.62. The second-order valence-corrected chi connectivity index (χ2v) is 8.31. The number of piperidine rings is 1. The number of nitrogens with one attached hydrogen (secondary N) is 1. The Morgan fingerprint density at radius 1 is 1.43 bits per heavy atom. The summed E-state index contributed by atoms with van der Waals surface area (Å²) in [6, 6.07) is 3.74. The van der Waals surface area contributed by atoms with Crippen molar-refractivity contribution >= 4 is 10.0 Å². The van der Waals surface area contributed by atoms with E-state index in [9.17, 15) is 8.42 Å². The van der Waals surface area contributed by atoms with E-state index in [0.717, 1.165) is 38.8 Å². The van der Waals surface area contributed by atoms with Gasteiger partial charge in [0.05, 0.1) is 5.60 Å². The summed E-state index contributed by atoms with van der Waals surface area (Å²) in [4.78, 5) is 4.19. The smallest absolute Gasteiger partial charge is 0.244 e. The van der Waals surface area contributed by atoms with E-state index in [1.165, 1.54) is 6.20 Å². The van der Waals surface area contributed by atoms with Crippen molar-refractivity contribution in [3.8, 4) is 0 Å². The molecular formula is C16H25N3O3S. The first-order valence-corrected chi connectivity index (χ1v) is 9.77. The lowest BCUT2D eigenvalue weighted by Crippen LogP contribution is -2.53. The summed E-state index contributed by atoms with van der Waals surface area (Å²) >= 11 is 0. The van der Waals surface area contributed by atoms with Crippen LogP contribution in [-0.4, -0.2) is 55.6 Å². The molecule has 3 rings (SSSR count). The largest absolute Gasteiger partial charge is 0.375 e. The van der Waals surface area contributed by atoms with Gasteiger partial charge in [0.1, 0.15) is 4.90 Å². The molecule has 2 saturated heterocycles. The predicted octanol–water partition coefficient (Wildman–Crippen LogP) is 1.39. The Balaban J connectivity index is 1.66. The van der Waals surface area contributed by atoms with Crippen LogP contribution in [0.1, 0.15) is 32.6 Å². The van der Waals surface area contributed by atoms with Crippen molar-refractivity contribution in [1.82, 2.24) is 14.6 Å². The van der Waals surface area contributed by atoms with E-state index < -0.39 is 10.0 Å². The molecular weight excluding hydrogens is 314 g/mol. The minimum Gasteiger partial charge on any atom is -0.375 e. The summed E-state index contributed by atoms with van der Waals surface area (Å²) < 4.78 is 33.0. The highest BCUT2D eigenvalue weighted by atomic mass is 32.2. The van der Waals surface area contributed by atoms with Crippen molar-refractivity contribution in [1.29, 1.82) is 0 Å². The normalized spacial score (nSPS) is 25.5. The first-order chi connectivity index (χ1) is 11.1. The maximum Gasteiger partial charge on any atom is 0.244 e. The van der Waals surface area contributed by atoms with Crippen molar-refractivity contribution in [2.45, 2.75) is 49.1 Å². The molecule has 6 nitrogen and oxygen atoms in total. The third-order valence-electron chi connectivity index (χ3n) is 4.89. The minimum absolute atomic E-state index is 0.161. The summed E-state index contributed by atoms with van der Waals surface area (Å²) in [5, 5.41) is 3.50. The van der Waals surface area contributed by atoms with Gasteiger partial charge < -0.3 is 10.1 Å². The molecule has 2 fully saturated rings. The molecule has 1 aromatic heterocycles. The quantitative estimate of drug-likeness (QED) is 0.898. The molecule has 0 aliphatic carbocycles. The molecule has 0 bridgehead atoms. The first kappa shape index (κ1) is 16.8. The summed E-state index contributed by atoms with van der Waals surface area (Å²) in [6.45, 7) is 4.85. The van der Waals surface area contributed by atoms with E-state index in [0.29, 0.717) is 19.1 Å². The Morgan fingerprint density at radius 3 is 2.87 bits per heavy atom. The van der Waals surface area contributed by atoms with Crippen LogP contribution in [0.3, 0.4) is 0 Å². The third-order valence-corrected chi connectivity index (χ3v) is 6.77. The lowest BCUT2D eigenvalue weighted by Gasteiger charge is -2.46. The average molecular weight is 339 g/mol. The van der Waals surface area contributed by atoms with E-state index in [1.807, 2.05) is 0 Å². The molecule has 0 saturated carbocycles. The van der Waals surface area contributed by atoms with Crippen molar-refractivity contribution in [2.75, 3.05) is 26.2 Å². The SMILES string of the molecule is CCN[C@@H]1CCOC2(CCN(S(=O)(=O)c3cccnc3)CC2)C1. The molecule has 1 N–H and O–H groups in total. The summed E-state index contributed by atoms with van der Waals surface area (Å²) in [6.07, 6.45) is 6.52. The van der Waals surface area contributed by atoms with Crippen LogP contribution in [-0.2, 0) is 14.8 Å². The van der Waals surface area contributed by atoms with Gasteiger partial charge >= 0.3 is 0 Å². The highest BCUT2D eigenvalue weighted by molar-refractivity contribution is 7.89. The minimum atomic E-state index is -3.44. The van der Waals surface area contributed by atoms with Gasteiger partial charge in [0.2, 0.25) is 10.0 Å². The molecule has 0 unspecified atom stereocenters. The molecule has 0 amide bonds. The monoisotopic (exact) mass is 339 g/mol. The fraction of sp³-hybridized carbons (Fsp3) is 0.688. The molecule has 1 atom stereocenters. The van der Waals surface area contributed by atoms with Crippen LogP contribution in [0.2, 0.25) is 0 Å². The standard InChI is InChI=1S/C16H25N3O3S/c1-2-18-14-5-11-22-16(12-14)6-9-19(10-7-16)23(20,21)15-4-3-8-17-13-15/h3-4,8,13-14,18H,2,5-7,9-12H2,1H3/t14-/m1/s1. The number of rotatable bonds is 4. The number of hydrogen-bond donors (Lipinski definition) is 1. The van der Waals surface area contributed by atoms with Crippen molar-refractivity contribution < 1.29 is 13.2 Å². The van der Waals surface area contributed by atoms with E-state index in [-0.39, 0.29) is 10.5 Å². The molecule has 3 heterocycles. The Bertz CT molecular complexity index is 611. The maximum absolute atomic E-state index is 12.7. The van der Waals surface area contributed by atoms with E-state index in [4.69, 9.17) is 4.74 Å². The number of ether oxygens (including phenoxy) is 1. The number of nitrogens with zero attached hydrogens (tertiary/aromatic N) is 2. The van der Waals surface area contributed by atoms with Crippen molar-refractivity contribution in [3.63, 3.8) is 0 Å². The number of sulfonamides is 1. The first-order valence-electron chi connectivity index (χ1n) is 8.33. The topological polar surface area (TPSA) is 71.5 Å². The maximum atomic E-state index is 12.7. The van der Waals surface area contributed by atoms with Gasteiger partial charge in [-0.2, -0.15) is 4.31 Å². The zero-order valence-electron chi connectivity index (χ0n) is 13.6. The second-order valence-electron chi connectivity index (χ2n) is 6.37.